The summed E-state index contributed by atoms with van der Waals surface area (Å²) in [6, 6.07) is 0.622. The van der Waals surface area contributed by atoms with Gasteiger partial charge >= 0.3 is 0 Å². The van der Waals surface area contributed by atoms with Crippen LogP contribution in [0.5, 0.6) is 0 Å². The van der Waals surface area contributed by atoms with Crippen LogP contribution in [0.4, 0.5) is 0 Å². The van der Waals surface area contributed by atoms with Gasteiger partial charge in [-0.1, -0.05) is 0 Å². The van der Waals surface area contributed by atoms with Gasteiger partial charge in [-0.15, -0.1) is 0 Å². The highest BCUT2D eigenvalue weighted by Crippen LogP contribution is 2.26. The first kappa shape index (κ1) is 10.5. The van der Waals surface area contributed by atoms with Crippen LogP contribution in [0, 0.1) is 0 Å². The molecule has 1 saturated carbocycles. The maximum Gasteiger partial charge on any atom is 0.221 e. The molecule has 0 bridgehead atoms. The maximum absolute atomic E-state index is 11.0. The zero-order chi connectivity index (χ0) is 9.68. The smallest absolute Gasteiger partial charge is 0.221 e. The largest absolute Gasteiger partial charge is 0.395 e. The molecule has 0 unspecified atom stereocenters. The molecule has 2 N–H and O–H groups in total. The van der Waals surface area contributed by atoms with Gasteiger partial charge in [0.2, 0.25) is 5.91 Å². The third-order valence-corrected chi connectivity index (χ3v) is 2.36. The summed E-state index contributed by atoms with van der Waals surface area (Å²) in [6.45, 7) is 1.65. The summed E-state index contributed by atoms with van der Waals surface area (Å²) in [7, 11) is 1.65. The van der Waals surface area contributed by atoms with Gasteiger partial charge in [0.1, 0.15) is 0 Å². The van der Waals surface area contributed by atoms with Crippen molar-refractivity contribution < 1.29 is 9.90 Å². The van der Waals surface area contributed by atoms with E-state index in [1.54, 1.807) is 7.05 Å². The highest BCUT2D eigenvalue weighted by Gasteiger charge is 2.28. The summed E-state index contributed by atoms with van der Waals surface area (Å²) in [5.74, 6) is 0.0728. The first-order valence-electron chi connectivity index (χ1n) is 4.83. The van der Waals surface area contributed by atoms with Gasteiger partial charge in [0, 0.05) is 32.6 Å². The lowest BCUT2D eigenvalue weighted by Crippen LogP contribution is -2.33. The highest BCUT2D eigenvalue weighted by molar-refractivity contribution is 5.75. The summed E-state index contributed by atoms with van der Waals surface area (Å²) in [5.41, 5.74) is 0. The number of aliphatic hydroxyl groups is 1. The van der Waals surface area contributed by atoms with Crippen LogP contribution in [-0.4, -0.2) is 48.7 Å². The molecule has 1 aliphatic carbocycles. The van der Waals surface area contributed by atoms with Crippen molar-refractivity contribution in [3.05, 3.63) is 0 Å². The minimum atomic E-state index is 0.0728. The number of nitrogens with zero attached hydrogens (tertiary/aromatic N) is 1. The summed E-state index contributed by atoms with van der Waals surface area (Å²) < 4.78 is 0. The average Bonchev–Trinajstić information content (AvgIpc) is 2.94. The third kappa shape index (κ3) is 3.74. The zero-order valence-electron chi connectivity index (χ0n) is 8.12. The monoisotopic (exact) mass is 186 g/mol. The molecule has 1 amide bonds. The Balaban J connectivity index is 2.17. The normalized spacial score (nSPS) is 16.2. The van der Waals surface area contributed by atoms with Crippen molar-refractivity contribution in [3.8, 4) is 0 Å². The number of hydrogen-bond acceptors (Lipinski definition) is 3. The number of carbonyl (C=O) groups excluding carboxylic acids is 1. The molecule has 76 valence electrons. The van der Waals surface area contributed by atoms with E-state index in [1.807, 2.05) is 0 Å². The standard InChI is InChI=1S/C9H18N2O2/c1-10-9(13)4-5-11(6-7-12)8-2-3-8/h8,12H,2-7H2,1H3,(H,10,13). The van der Waals surface area contributed by atoms with Gasteiger partial charge in [0.05, 0.1) is 6.61 Å². The molecule has 0 aromatic rings. The van der Waals surface area contributed by atoms with Crippen LogP contribution in [0.2, 0.25) is 0 Å². The van der Waals surface area contributed by atoms with Gasteiger partial charge in [0.15, 0.2) is 0 Å². The number of nitrogens with one attached hydrogen (secondary N) is 1. The molecule has 0 atom stereocenters. The van der Waals surface area contributed by atoms with E-state index in [1.165, 1.54) is 12.8 Å². The fourth-order valence-electron chi connectivity index (χ4n) is 1.42. The second kappa shape index (κ2) is 5.19. The molecule has 0 aromatic heterocycles. The van der Waals surface area contributed by atoms with Gasteiger partial charge < -0.3 is 10.4 Å². The second-order valence-electron chi connectivity index (χ2n) is 3.41. The Morgan fingerprint density at radius 1 is 1.54 bits per heavy atom. The molecule has 13 heavy (non-hydrogen) atoms. The summed E-state index contributed by atoms with van der Waals surface area (Å²) in [4.78, 5) is 13.2. The summed E-state index contributed by atoms with van der Waals surface area (Å²) in [5, 5.41) is 11.4. The van der Waals surface area contributed by atoms with Crippen LogP contribution in [0.15, 0.2) is 0 Å². The van der Waals surface area contributed by atoms with Crippen LogP contribution in [0.1, 0.15) is 19.3 Å². The van der Waals surface area contributed by atoms with Crippen molar-refractivity contribution in [1.82, 2.24) is 10.2 Å². The van der Waals surface area contributed by atoms with Crippen molar-refractivity contribution in [2.24, 2.45) is 0 Å². The molecular weight excluding hydrogens is 168 g/mol. The quantitative estimate of drug-likeness (QED) is 0.592. The minimum Gasteiger partial charge on any atom is -0.395 e. The molecule has 0 saturated heterocycles. The summed E-state index contributed by atoms with van der Waals surface area (Å²) in [6.07, 6.45) is 2.97. The average molecular weight is 186 g/mol. The lowest BCUT2D eigenvalue weighted by molar-refractivity contribution is -0.121. The zero-order valence-corrected chi connectivity index (χ0v) is 8.12. The fraction of sp³-hybridized carbons (Fsp3) is 0.889. The molecule has 0 aliphatic heterocycles. The van der Waals surface area contributed by atoms with Gasteiger partial charge in [-0.2, -0.15) is 0 Å². The number of amides is 1. The van der Waals surface area contributed by atoms with Crippen molar-refractivity contribution in [2.45, 2.75) is 25.3 Å². The number of hydrogen-bond donors (Lipinski definition) is 2. The van der Waals surface area contributed by atoms with Crippen molar-refractivity contribution in [3.63, 3.8) is 0 Å². The number of carbonyl (C=O) groups is 1. The lowest BCUT2D eigenvalue weighted by atomic mass is 10.3. The topological polar surface area (TPSA) is 52.6 Å². The van der Waals surface area contributed by atoms with E-state index >= 15 is 0 Å². The Hall–Kier alpha value is -0.610. The highest BCUT2D eigenvalue weighted by atomic mass is 16.3. The van der Waals surface area contributed by atoms with E-state index in [4.69, 9.17) is 5.11 Å². The van der Waals surface area contributed by atoms with Gasteiger partial charge in [-0.25, -0.2) is 0 Å². The third-order valence-electron chi connectivity index (χ3n) is 2.36. The van der Waals surface area contributed by atoms with E-state index in [2.05, 4.69) is 10.2 Å². The van der Waals surface area contributed by atoms with Crippen molar-refractivity contribution in [2.75, 3.05) is 26.7 Å². The molecule has 4 heteroatoms. The van der Waals surface area contributed by atoms with Crippen LogP contribution >= 0.6 is 0 Å². The second-order valence-corrected chi connectivity index (χ2v) is 3.41. The molecule has 0 radical (unpaired) electrons. The van der Waals surface area contributed by atoms with E-state index in [-0.39, 0.29) is 12.5 Å². The molecule has 1 aliphatic rings. The Morgan fingerprint density at radius 2 is 2.23 bits per heavy atom. The molecule has 0 spiro atoms. The lowest BCUT2D eigenvalue weighted by Gasteiger charge is -2.19. The fourth-order valence-corrected chi connectivity index (χ4v) is 1.42. The van der Waals surface area contributed by atoms with E-state index < -0.39 is 0 Å². The predicted octanol–water partition coefficient (Wildman–Crippen LogP) is -0.421. The Labute approximate surface area is 78.9 Å². The van der Waals surface area contributed by atoms with Crippen LogP contribution in [0.25, 0.3) is 0 Å². The SMILES string of the molecule is CNC(=O)CCN(CCO)C1CC1. The van der Waals surface area contributed by atoms with E-state index in [0.717, 1.165) is 6.54 Å². The van der Waals surface area contributed by atoms with Crippen LogP contribution in [-0.2, 0) is 4.79 Å². The minimum absolute atomic E-state index is 0.0728. The van der Waals surface area contributed by atoms with Gasteiger partial charge in [0.25, 0.3) is 0 Å². The molecule has 4 nitrogen and oxygen atoms in total. The maximum atomic E-state index is 11.0. The number of aliphatic hydroxyl groups excluding tert-OH is 1. The number of rotatable bonds is 6. The van der Waals surface area contributed by atoms with Gasteiger partial charge in [-0.3, -0.25) is 9.69 Å². The predicted molar refractivity (Wildman–Crippen MR) is 50.4 cm³/mol. The first-order valence-corrected chi connectivity index (χ1v) is 4.83. The van der Waals surface area contributed by atoms with Crippen LogP contribution < -0.4 is 5.32 Å². The molecule has 0 aromatic carbocycles. The Bertz CT molecular complexity index is 169. The van der Waals surface area contributed by atoms with E-state index in [9.17, 15) is 4.79 Å². The molecular formula is C9H18N2O2. The van der Waals surface area contributed by atoms with E-state index in [0.29, 0.717) is 19.0 Å². The van der Waals surface area contributed by atoms with Crippen molar-refractivity contribution in [1.29, 1.82) is 0 Å². The van der Waals surface area contributed by atoms with Crippen molar-refractivity contribution >= 4 is 5.91 Å². The Morgan fingerprint density at radius 3 is 2.69 bits per heavy atom. The molecule has 0 heterocycles. The molecule has 1 rings (SSSR count). The Kier molecular flexibility index (Phi) is 4.18. The summed E-state index contributed by atoms with van der Waals surface area (Å²) >= 11 is 0. The van der Waals surface area contributed by atoms with Gasteiger partial charge in [-0.05, 0) is 12.8 Å². The van der Waals surface area contributed by atoms with Crippen LogP contribution in [0.3, 0.4) is 0 Å². The molecule has 1 fully saturated rings. The first-order chi connectivity index (χ1) is 6.27.